The van der Waals surface area contributed by atoms with Crippen molar-refractivity contribution < 1.29 is 28.7 Å². The lowest BCUT2D eigenvalue weighted by atomic mass is 10.0. The van der Waals surface area contributed by atoms with Gasteiger partial charge in [0.2, 0.25) is 0 Å². The van der Waals surface area contributed by atoms with E-state index < -0.39 is 12.2 Å². The maximum atomic E-state index is 12.3. The highest BCUT2D eigenvalue weighted by Crippen LogP contribution is 2.15. The maximum Gasteiger partial charge on any atom is 0.362 e. The molecule has 0 saturated carbocycles. The molecule has 25 heavy (non-hydrogen) atoms. The van der Waals surface area contributed by atoms with Crippen LogP contribution in [0, 0.1) is 0 Å². The van der Waals surface area contributed by atoms with Gasteiger partial charge in [-0.15, -0.1) is 6.58 Å². The Balaban J connectivity index is 4.50. The van der Waals surface area contributed by atoms with Crippen LogP contribution in [0.4, 0.5) is 0 Å². The molecule has 6 heteroatoms. The molecular formula is C19H36NO5+. The smallest absolute Gasteiger partial charge is 0.362 e. The summed E-state index contributed by atoms with van der Waals surface area (Å²) in [5.41, 5.74) is 0. The largest absolute Gasteiger partial charge is 0.460 e. The first-order valence-electron chi connectivity index (χ1n) is 9.15. The number of aliphatic hydroxyl groups excluding tert-OH is 1. The van der Waals surface area contributed by atoms with Crippen LogP contribution in [0.5, 0.6) is 0 Å². The SMILES string of the molecule is C=CCC(O)C(CCCCCC)OC(=O)C[N+](C)(C)CCOC(C)=O. The number of nitrogens with zero attached hydrogens (tertiary/aromatic N) is 1. The summed E-state index contributed by atoms with van der Waals surface area (Å²) in [5.74, 6) is -0.682. The van der Waals surface area contributed by atoms with Gasteiger partial charge < -0.3 is 19.1 Å². The molecule has 0 aliphatic carbocycles. The lowest BCUT2D eigenvalue weighted by molar-refractivity contribution is -0.883. The van der Waals surface area contributed by atoms with Crippen molar-refractivity contribution in [3.8, 4) is 0 Å². The molecule has 0 rings (SSSR count). The average Bonchev–Trinajstić information content (AvgIpc) is 2.49. The minimum absolute atomic E-state index is 0.160. The van der Waals surface area contributed by atoms with E-state index in [0.29, 0.717) is 23.9 Å². The molecule has 1 N–H and O–H groups in total. The summed E-state index contributed by atoms with van der Waals surface area (Å²) < 4.78 is 10.8. The first-order valence-corrected chi connectivity index (χ1v) is 9.15. The lowest BCUT2D eigenvalue weighted by Gasteiger charge is -2.30. The molecule has 146 valence electrons. The van der Waals surface area contributed by atoms with Crippen LogP contribution in [0.25, 0.3) is 0 Å². The third-order valence-corrected chi connectivity index (χ3v) is 4.02. The molecule has 0 aliphatic rings. The van der Waals surface area contributed by atoms with Crippen molar-refractivity contribution in [3.05, 3.63) is 12.7 Å². The molecule has 2 atom stereocenters. The van der Waals surface area contributed by atoms with E-state index in [4.69, 9.17) is 9.47 Å². The highest BCUT2D eigenvalue weighted by molar-refractivity contribution is 5.70. The number of rotatable bonds is 14. The van der Waals surface area contributed by atoms with Crippen LogP contribution in [-0.4, -0.2) is 67.5 Å². The molecule has 6 nitrogen and oxygen atoms in total. The number of carbonyl (C=O) groups excluding carboxylic acids is 2. The van der Waals surface area contributed by atoms with Crippen LogP contribution in [0.15, 0.2) is 12.7 Å². The van der Waals surface area contributed by atoms with Crippen LogP contribution >= 0.6 is 0 Å². The van der Waals surface area contributed by atoms with E-state index in [0.717, 1.165) is 25.7 Å². The third-order valence-electron chi connectivity index (χ3n) is 4.02. The summed E-state index contributed by atoms with van der Waals surface area (Å²) in [5, 5.41) is 10.2. The van der Waals surface area contributed by atoms with Crippen LogP contribution in [-0.2, 0) is 19.1 Å². The van der Waals surface area contributed by atoms with Crippen LogP contribution in [0.3, 0.4) is 0 Å². The van der Waals surface area contributed by atoms with Crippen LogP contribution < -0.4 is 0 Å². The number of esters is 2. The minimum atomic E-state index is -0.722. The monoisotopic (exact) mass is 358 g/mol. The second-order valence-corrected chi connectivity index (χ2v) is 7.13. The second-order valence-electron chi connectivity index (χ2n) is 7.13. The molecule has 0 aromatic carbocycles. The van der Waals surface area contributed by atoms with Crippen molar-refractivity contribution in [2.75, 3.05) is 33.8 Å². The molecular weight excluding hydrogens is 322 g/mol. The number of hydrogen-bond acceptors (Lipinski definition) is 5. The summed E-state index contributed by atoms with van der Waals surface area (Å²) in [6.45, 7) is 8.07. The van der Waals surface area contributed by atoms with Gasteiger partial charge in [-0.1, -0.05) is 32.3 Å². The zero-order valence-corrected chi connectivity index (χ0v) is 16.3. The Morgan fingerprint density at radius 1 is 1.24 bits per heavy atom. The quantitative estimate of drug-likeness (QED) is 0.223. The number of likely N-dealkylation sites (N-methyl/N-ethyl adjacent to an activating group) is 1. The highest BCUT2D eigenvalue weighted by Gasteiger charge is 2.27. The predicted molar refractivity (Wildman–Crippen MR) is 97.9 cm³/mol. The molecule has 0 aromatic rings. The van der Waals surface area contributed by atoms with Gasteiger partial charge in [0.25, 0.3) is 0 Å². The van der Waals surface area contributed by atoms with Gasteiger partial charge in [-0.25, -0.2) is 4.79 Å². The summed E-state index contributed by atoms with van der Waals surface area (Å²) in [4.78, 5) is 23.1. The van der Waals surface area contributed by atoms with E-state index in [1.165, 1.54) is 6.92 Å². The van der Waals surface area contributed by atoms with Crippen molar-refractivity contribution in [3.63, 3.8) is 0 Å². The highest BCUT2D eigenvalue weighted by atomic mass is 16.6. The normalized spacial score (nSPS) is 13.8. The van der Waals surface area contributed by atoms with Gasteiger partial charge in [0.15, 0.2) is 6.54 Å². The van der Waals surface area contributed by atoms with Gasteiger partial charge >= 0.3 is 11.9 Å². The number of unbranched alkanes of at least 4 members (excludes halogenated alkanes) is 3. The van der Waals surface area contributed by atoms with E-state index in [1.807, 2.05) is 14.1 Å². The average molecular weight is 358 g/mol. The third kappa shape index (κ3) is 12.6. The molecule has 0 aliphatic heterocycles. The van der Waals surface area contributed by atoms with Gasteiger partial charge in [-0.2, -0.15) is 0 Å². The predicted octanol–water partition coefficient (Wildman–Crippen LogP) is 2.45. The topological polar surface area (TPSA) is 72.8 Å². The first-order chi connectivity index (χ1) is 11.7. The van der Waals surface area contributed by atoms with Gasteiger partial charge in [-0.05, 0) is 19.3 Å². The summed E-state index contributed by atoms with van der Waals surface area (Å²) in [6.07, 6.45) is 5.72. The Bertz CT molecular complexity index is 409. The Hall–Kier alpha value is -1.40. The summed E-state index contributed by atoms with van der Waals surface area (Å²) in [6, 6.07) is 0. The standard InChI is InChI=1S/C19H36NO5/c1-6-8-9-10-12-18(17(22)11-7-2)25-19(23)15-20(4,5)13-14-24-16(3)21/h7,17-18,22H,2,6,8-15H2,1,3-5H3/q+1. The van der Waals surface area contributed by atoms with Crippen molar-refractivity contribution in [1.82, 2.24) is 0 Å². The minimum Gasteiger partial charge on any atom is -0.460 e. The Kier molecular flexibility index (Phi) is 12.2. The molecule has 0 fully saturated rings. The fourth-order valence-corrected chi connectivity index (χ4v) is 2.50. The van der Waals surface area contributed by atoms with Gasteiger partial charge in [0.1, 0.15) is 19.3 Å². The van der Waals surface area contributed by atoms with Gasteiger partial charge in [0, 0.05) is 6.92 Å². The number of carbonyl (C=O) groups is 2. The van der Waals surface area contributed by atoms with Crippen molar-refractivity contribution in [1.29, 1.82) is 0 Å². The van der Waals surface area contributed by atoms with Crippen LogP contribution in [0.1, 0.15) is 52.4 Å². The van der Waals surface area contributed by atoms with Crippen molar-refractivity contribution in [2.24, 2.45) is 0 Å². The second kappa shape index (κ2) is 12.9. The fourth-order valence-electron chi connectivity index (χ4n) is 2.50. The molecule has 0 bridgehead atoms. The fraction of sp³-hybridized carbons (Fsp3) is 0.789. The van der Waals surface area contributed by atoms with Crippen molar-refractivity contribution in [2.45, 2.75) is 64.6 Å². The lowest BCUT2D eigenvalue weighted by Crippen LogP contribution is -2.47. The van der Waals surface area contributed by atoms with E-state index in [1.54, 1.807) is 6.08 Å². The molecule has 0 spiro atoms. The molecule has 2 unspecified atom stereocenters. The van der Waals surface area contributed by atoms with Gasteiger partial charge in [0.05, 0.1) is 20.2 Å². The van der Waals surface area contributed by atoms with Gasteiger partial charge in [-0.3, -0.25) is 4.79 Å². The summed E-state index contributed by atoms with van der Waals surface area (Å²) >= 11 is 0. The zero-order chi connectivity index (χ0) is 19.3. The van der Waals surface area contributed by atoms with E-state index in [9.17, 15) is 14.7 Å². The Morgan fingerprint density at radius 3 is 2.48 bits per heavy atom. The maximum absolute atomic E-state index is 12.3. The van der Waals surface area contributed by atoms with Crippen LogP contribution in [0.2, 0.25) is 0 Å². The van der Waals surface area contributed by atoms with E-state index >= 15 is 0 Å². The summed E-state index contributed by atoms with van der Waals surface area (Å²) in [7, 11) is 3.75. The Labute approximate surface area is 152 Å². The zero-order valence-electron chi connectivity index (χ0n) is 16.3. The number of ether oxygens (including phenoxy) is 2. The first kappa shape index (κ1) is 23.6. The number of hydrogen-bond donors (Lipinski definition) is 1. The Morgan fingerprint density at radius 2 is 1.92 bits per heavy atom. The van der Waals surface area contributed by atoms with Crippen molar-refractivity contribution >= 4 is 11.9 Å². The molecule has 0 saturated heterocycles. The molecule has 0 aromatic heterocycles. The molecule has 0 amide bonds. The van der Waals surface area contributed by atoms with E-state index in [-0.39, 0.29) is 25.1 Å². The van der Waals surface area contributed by atoms with E-state index in [2.05, 4.69) is 13.5 Å². The number of quaternary nitrogens is 1. The molecule has 0 heterocycles. The number of aliphatic hydroxyl groups is 1. The molecule has 0 radical (unpaired) electrons.